The van der Waals surface area contributed by atoms with Crippen LogP contribution in [-0.2, 0) is 0 Å². The first-order chi connectivity index (χ1) is 8.00. The van der Waals surface area contributed by atoms with E-state index in [1.54, 1.807) is 11.5 Å². The maximum Gasteiger partial charge on any atom is 0.323 e. The molecule has 0 radical (unpaired) electrons. The van der Waals surface area contributed by atoms with Gasteiger partial charge in [-0.1, -0.05) is 0 Å². The van der Waals surface area contributed by atoms with Gasteiger partial charge in [0.25, 0.3) is 5.69 Å². The van der Waals surface area contributed by atoms with Gasteiger partial charge in [0.1, 0.15) is 0 Å². The van der Waals surface area contributed by atoms with Crippen LogP contribution in [0.25, 0.3) is 5.69 Å². The first-order valence-corrected chi connectivity index (χ1v) is 5.41. The lowest BCUT2D eigenvalue weighted by atomic mass is 10.1. The number of hydrogen-bond donors (Lipinski definition) is 2. The van der Waals surface area contributed by atoms with E-state index in [1.165, 1.54) is 0 Å². The van der Waals surface area contributed by atoms with Gasteiger partial charge in [-0.15, -0.1) is 0 Å². The van der Waals surface area contributed by atoms with Crippen molar-refractivity contribution in [3.05, 3.63) is 51.6 Å². The van der Waals surface area contributed by atoms with E-state index >= 15 is 0 Å². The normalized spacial score (nSPS) is 9.94. The van der Waals surface area contributed by atoms with Crippen molar-refractivity contribution in [2.24, 2.45) is 0 Å². The Bertz CT molecular complexity index is 635. The molecule has 0 fully saturated rings. The summed E-state index contributed by atoms with van der Waals surface area (Å²) in [5.74, 6) is -0.0653. The maximum atomic E-state index is 11.9. The molecule has 0 aromatic carbocycles. The molecule has 96 valence electrons. The summed E-state index contributed by atoms with van der Waals surface area (Å²) in [4.78, 5) is 14.3. The van der Waals surface area contributed by atoms with Crippen LogP contribution in [0.1, 0.15) is 16.7 Å². The highest BCUT2D eigenvalue weighted by Crippen LogP contribution is 2.16. The van der Waals surface area contributed by atoms with Gasteiger partial charge in [0, 0.05) is 22.8 Å². The number of nitrogens with zero attached hydrogens (tertiary/aromatic N) is 1. The average Bonchev–Trinajstić information content (AvgIpc) is 2.26. The fourth-order valence-corrected chi connectivity index (χ4v) is 1.83. The minimum atomic E-state index is -0.291. The summed E-state index contributed by atoms with van der Waals surface area (Å²) in [7, 11) is 0. The third-order valence-corrected chi connectivity index (χ3v) is 2.93. The molecule has 4 nitrogen and oxygen atoms in total. The van der Waals surface area contributed by atoms with E-state index in [-0.39, 0.29) is 23.8 Å². The molecule has 2 aromatic heterocycles. The lowest BCUT2D eigenvalue weighted by molar-refractivity contribution is -0.597. The van der Waals surface area contributed by atoms with Gasteiger partial charge >= 0.3 is 5.56 Å². The molecule has 2 aromatic rings. The van der Waals surface area contributed by atoms with Crippen LogP contribution < -0.4 is 22.5 Å². The van der Waals surface area contributed by atoms with Crippen molar-refractivity contribution in [2.45, 2.75) is 20.8 Å². The molecule has 2 heterocycles. The van der Waals surface area contributed by atoms with E-state index in [2.05, 4.69) is 4.98 Å². The number of nitrogens with one attached hydrogen (secondary N) is 1. The Balaban J connectivity index is 0.00000162. The minimum absolute atomic E-state index is 0. The summed E-state index contributed by atoms with van der Waals surface area (Å²) in [5, 5.41) is 9.54. The molecule has 0 amide bonds. The SMILES string of the molecule is Cc1ccc[n+](-c2c(C)c(C)c(O)[nH]c2=O)c1.[Cl-]. The summed E-state index contributed by atoms with van der Waals surface area (Å²) >= 11 is 0. The third-order valence-electron chi connectivity index (χ3n) is 2.93. The molecule has 0 unspecified atom stereocenters. The molecule has 0 saturated carbocycles. The van der Waals surface area contributed by atoms with Crippen molar-refractivity contribution in [3.63, 3.8) is 0 Å². The summed E-state index contributed by atoms with van der Waals surface area (Å²) in [6, 6.07) is 3.85. The highest BCUT2D eigenvalue weighted by Gasteiger charge is 2.19. The molecule has 2 N–H and O–H groups in total. The lowest BCUT2D eigenvalue weighted by Gasteiger charge is -2.04. The molecule has 0 spiro atoms. The van der Waals surface area contributed by atoms with Gasteiger partial charge in [-0.3, -0.25) is 9.78 Å². The predicted octanol–water partition coefficient (Wildman–Crippen LogP) is -1.71. The van der Waals surface area contributed by atoms with Gasteiger partial charge in [-0.2, -0.15) is 4.57 Å². The quantitative estimate of drug-likeness (QED) is 0.604. The average molecular weight is 267 g/mol. The van der Waals surface area contributed by atoms with Crippen molar-refractivity contribution in [1.82, 2.24) is 4.98 Å². The third kappa shape index (κ3) is 2.38. The minimum Gasteiger partial charge on any atom is -1.00 e. The second-order valence-corrected chi connectivity index (χ2v) is 4.19. The van der Waals surface area contributed by atoms with Crippen LogP contribution in [0.4, 0.5) is 0 Å². The topological polar surface area (TPSA) is 57.0 Å². The lowest BCUT2D eigenvalue weighted by Crippen LogP contribution is -3.00. The number of H-pyrrole nitrogens is 1. The largest absolute Gasteiger partial charge is 1.00 e. The number of aromatic amines is 1. The monoisotopic (exact) mass is 266 g/mol. The molecule has 0 bridgehead atoms. The number of aromatic hydroxyl groups is 1. The van der Waals surface area contributed by atoms with Crippen LogP contribution in [0, 0.1) is 20.8 Å². The zero-order valence-electron chi connectivity index (χ0n) is 10.5. The van der Waals surface area contributed by atoms with Crippen molar-refractivity contribution in [2.75, 3.05) is 0 Å². The van der Waals surface area contributed by atoms with Crippen molar-refractivity contribution >= 4 is 0 Å². The zero-order valence-corrected chi connectivity index (χ0v) is 11.2. The van der Waals surface area contributed by atoms with Crippen LogP contribution in [-0.4, -0.2) is 10.1 Å². The molecule has 2 rings (SSSR count). The van der Waals surface area contributed by atoms with Crippen LogP contribution >= 0.6 is 0 Å². The number of aryl methyl sites for hydroxylation is 1. The predicted molar refractivity (Wildman–Crippen MR) is 64.5 cm³/mol. The van der Waals surface area contributed by atoms with Crippen molar-refractivity contribution in [1.29, 1.82) is 0 Å². The van der Waals surface area contributed by atoms with Gasteiger partial charge in [0.05, 0.1) is 0 Å². The summed E-state index contributed by atoms with van der Waals surface area (Å²) in [5.41, 5.74) is 2.79. The van der Waals surface area contributed by atoms with E-state index in [9.17, 15) is 9.90 Å². The number of hydrogen-bond acceptors (Lipinski definition) is 2. The van der Waals surface area contributed by atoms with E-state index in [0.29, 0.717) is 11.3 Å². The zero-order chi connectivity index (χ0) is 12.6. The van der Waals surface area contributed by atoms with Crippen LogP contribution in [0.2, 0.25) is 0 Å². The second kappa shape index (κ2) is 5.23. The number of halogens is 1. The molecular weight excluding hydrogens is 252 g/mol. The standard InChI is InChI=1S/C13H14N2O2.ClH/c1-8-5-4-6-15(7-8)11-9(2)10(3)12(16)14-13(11)17;/h4-7H,1-3H3,(H-,14,16,17);1H. The number of aromatic nitrogens is 2. The van der Waals surface area contributed by atoms with Crippen LogP contribution in [0.3, 0.4) is 0 Å². The fourth-order valence-electron chi connectivity index (χ4n) is 1.83. The molecule has 0 aliphatic heterocycles. The van der Waals surface area contributed by atoms with Gasteiger partial charge in [0.15, 0.2) is 18.3 Å². The van der Waals surface area contributed by atoms with Gasteiger partial charge < -0.3 is 17.5 Å². The van der Waals surface area contributed by atoms with Crippen LogP contribution in [0.15, 0.2) is 29.3 Å². The van der Waals surface area contributed by atoms with Gasteiger partial charge in [0.2, 0.25) is 0 Å². The van der Waals surface area contributed by atoms with Crippen molar-refractivity contribution < 1.29 is 22.1 Å². The van der Waals surface area contributed by atoms with E-state index < -0.39 is 0 Å². The molecule has 5 heteroatoms. The maximum absolute atomic E-state index is 11.9. The van der Waals surface area contributed by atoms with Crippen LogP contribution in [0.5, 0.6) is 5.88 Å². The Kier molecular flexibility index (Phi) is 4.14. The Morgan fingerprint density at radius 2 is 1.89 bits per heavy atom. The number of rotatable bonds is 1. The molecule has 0 aliphatic carbocycles. The molecule has 18 heavy (non-hydrogen) atoms. The van der Waals surface area contributed by atoms with Crippen molar-refractivity contribution in [3.8, 4) is 11.6 Å². The van der Waals surface area contributed by atoms with E-state index in [4.69, 9.17) is 0 Å². The molecular formula is C13H15ClN2O2. The highest BCUT2D eigenvalue weighted by molar-refractivity contribution is 5.41. The molecule has 0 aliphatic rings. The molecule has 0 saturated heterocycles. The second-order valence-electron chi connectivity index (χ2n) is 4.19. The Labute approximate surface area is 111 Å². The smallest absolute Gasteiger partial charge is 0.323 e. The summed E-state index contributed by atoms with van der Waals surface area (Å²) in [6.07, 6.45) is 3.70. The highest BCUT2D eigenvalue weighted by atomic mass is 35.5. The van der Waals surface area contributed by atoms with E-state index in [0.717, 1.165) is 11.1 Å². The van der Waals surface area contributed by atoms with E-state index in [1.807, 2.05) is 38.4 Å². The first-order valence-electron chi connectivity index (χ1n) is 5.41. The van der Waals surface area contributed by atoms with Gasteiger partial charge in [-0.25, -0.2) is 0 Å². The Morgan fingerprint density at radius 1 is 1.22 bits per heavy atom. The summed E-state index contributed by atoms with van der Waals surface area (Å²) in [6.45, 7) is 5.57. The Morgan fingerprint density at radius 3 is 2.50 bits per heavy atom. The molecule has 0 atom stereocenters. The number of pyridine rings is 2. The summed E-state index contributed by atoms with van der Waals surface area (Å²) < 4.78 is 1.77. The first kappa shape index (κ1) is 14.3. The Hall–Kier alpha value is -1.81. The van der Waals surface area contributed by atoms with Gasteiger partial charge in [-0.05, 0) is 26.8 Å². The fraction of sp³-hybridized carbons (Fsp3) is 0.231.